The molecule has 0 saturated carbocycles. The van der Waals surface area contributed by atoms with Crippen molar-refractivity contribution in [3.05, 3.63) is 264 Å². The summed E-state index contributed by atoms with van der Waals surface area (Å²) in [5.74, 6) is 0.805. The molecule has 92 heavy (non-hydrogen) atoms. The Morgan fingerprint density at radius 2 is 0.620 bits per heavy atom. The molecule has 0 heterocycles. The van der Waals surface area contributed by atoms with E-state index >= 15 is 0 Å². The van der Waals surface area contributed by atoms with E-state index in [2.05, 4.69) is 84.3 Å². The number of likely N-dealkylation sites (N-methyl/N-ethyl adjacent to an activating group) is 2. The van der Waals surface area contributed by atoms with Crippen molar-refractivity contribution in [3.63, 3.8) is 0 Å². The van der Waals surface area contributed by atoms with Gasteiger partial charge in [0.15, 0.2) is 0 Å². The van der Waals surface area contributed by atoms with Gasteiger partial charge in [-0.15, -0.1) is 0 Å². The Labute approximate surface area is 630 Å². The van der Waals surface area contributed by atoms with Gasteiger partial charge in [-0.25, -0.2) is 23.1 Å². The molecular formula is C66H76Br2Cl6Mg2N2O12S2. The minimum Gasteiger partial charge on any atom is -1.00 e. The maximum absolute atomic E-state index is 11.3. The summed E-state index contributed by atoms with van der Waals surface area (Å²) in [4.78, 5) is 61.6. The number of rotatable bonds is 15. The van der Waals surface area contributed by atoms with E-state index in [1.807, 2.05) is 188 Å². The zero-order valence-electron chi connectivity index (χ0n) is 52.5. The molecule has 0 aromatic heterocycles. The molecular weight excluding hydrogens is 1500 g/mol. The molecule has 26 heteroatoms. The summed E-state index contributed by atoms with van der Waals surface area (Å²) in [6.45, 7) is 12.5. The predicted octanol–water partition coefficient (Wildman–Crippen LogP) is 10.3. The summed E-state index contributed by atoms with van der Waals surface area (Å²) in [5.41, 5.74) is 5.79. The normalized spacial score (nSPS) is 10.1. The number of carboxylic acid groups (broad SMARTS) is 2. The van der Waals surface area contributed by atoms with E-state index in [0.717, 1.165) is 45.5 Å². The fraction of sp³-hybridized carbons (Fsp3) is 0.167. The Balaban J connectivity index is -0.000000145. The first-order valence-corrected chi connectivity index (χ1v) is 31.9. The van der Waals surface area contributed by atoms with Crippen molar-refractivity contribution in [2.75, 3.05) is 28.3 Å². The zero-order chi connectivity index (χ0) is 67.5. The Kier molecular flexibility index (Phi) is 82.2. The molecule has 494 valence electrons. The van der Waals surface area contributed by atoms with Crippen molar-refractivity contribution in [1.29, 1.82) is 0 Å². The molecule has 1 amide bonds. The number of aliphatic hydroxyl groups is 1. The van der Waals surface area contributed by atoms with Gasteiger partial charge in [0.2, 0.25) is 28.9 Å². The van der Waals surface area contributed by atoms with Gasteiger partial charge in [0.1, 0.15) is 6.23 Å². The number of allylic oxidation sites excluding steroid dienone is 2. The van der Waals surface area contributed by atoms with E-state index in [1.54, 1.807) is 50.6 Å². The molecule has 0 saturated heterocycles. The van der Waals surface area contributed by atoms with Crippen molar-refractivity contribution in [1.82, 2.24) is 10.1 Å². The second-order valence-electron chi connectivity index (χ2n) is 17.3. The van der Waals surface area contributed by atoms with E-state index < -0.39 is 47.1 Å². The first-order chi connectivity index (χ1) is 41.6. The van der Waals surface area contributed by atoms with Crippen LogP contribution in [0.25, 0.3) is 36.5 Å². The summed E-state index contributed by atoms with van der Waals surface area (Å²) in [7, 11) is 20.9. The van der Waals surface area contributed by atoms with Gasteiger partial charge in [-0.3, -0.25) is 24.1 Å². The smallest absolute Gasteiger partial charge is 1.00 e. The Hall–Kier alpha value is -4.12. The van der Waals surface area contributed by atoms with Gasteiger partial charge in [0.05, 0.1) is 14.2 Å². The van der Waals surface area contributed by atoms with Crippen molar-refractivity contribution < 1.29 is 91.3 Å². The summed E-state index contributed by atoms with van der Waals surface area (Å²) >= 11 is 10.2. The van der Waals surface area contributed by atoms with E-state index in [9.17, 15) is 29.1 Å². The van der Waals surface area contributed by atoms with Crippen LogP contribution in [0.3, 0.4) is 0 Å². The molecule has 6 rings (SSSR count). The standard InChI is InChI=1S/C11H15NO2.C11H13NO2.2C9H7ClO.2C9H8O2.2C4H9.2BrH.2Cl2OS.2Mg/c2*1-12(14-2)11(13)9-8-10-6-4-3-5-7-10;4*10-9(11)7-6-8-4-2-1-3-5-8;2*1-4(2)3;;;2*1-4(2)3;;/h3-9,11,13H,1-2H3;3-9H,1-2H3;2*1-7H;2*1-7H,(H,10,11);2*1-3H3;2*1H;;;;/q;;;;;;2*-1;;;;;2*+2/p-2/b9-8-;9-8+;7-6+;7-6-;7-6+;7-6-;;;;;;;;. The van der Waals surface area contributed by atoms with E-state index in [-0.39, 0.29) is 86.0 Å². The number of carbonyl (C=O) groups excluding carboxylic acids is 3. The second kappa shape index (κ2) is 72.7. The molecule has 0 aliphatic rings. The summed E-state index contributed by atoms with van der Waals surface area (Å²) in [6, 6.07) is 57.1. The number of amides is 1. The van der Waals surface area contributed by atoms with Crippen LogP contribution >= 0.6 is 65.9 Å². The number of halogens is 8. The maximum Gasteiger partial charge on any atom is 2.00 e. The van der Waals surface area contributed by atoms with Gasteiger partial charge < -0.3 is 61.1 Å². The summed E-state index contributed by atoms with van der Waals surface area (Å²) in [5, 5.41) is 27.7. The van der Waals surface area contributed by atoms with Crippen LogP contribution in [0.4, 0.5) is 0 Å². The third-order valence-electron chi connectivity index (χ3n) is 8.57. The molecule has 1 unspecified atom stereocenters. The van der Waals surface area contributed by atoms with Gasteiger partial charge in [-0.2, -0.15) is 46.6 Å². The van der Waals surface area contributed by atoms with Gasteiger partial charge in [-0.05, 0) is 93.0 Å². The Morgan fingerprint density at radius 1 is 0.424 bits per heavy atom. The van der Waals surface area contributed by atoms with Crippen molar-refractivity contribution in [2.45, 2.75) is 47.8 Å². The van der Waals surface area contributed by atoms with Crippen LogP contribution in [0.15, 0.2) is 218 Å². The largest absolute Gasteiger partial charge is 2.00 e. The van der Waals surface area contributed by atoms with Gasteiger partial charge in [-0.1, -0.05) is 200 Å². The molecule has 1 atom stereocenters. The van der Waals surface area contributed by atoms with Crippen LogP contribution in [-0.2, 0) is 52.1 Å². The first kappa shape index (κ1) is 104. The molecule has 0 bridgehead atoms. The predicted molar refractivity (Wildman–Crippen MR) is 382 cm³/mol. The molecule has 6 aromatic carbocycles. The number of hydrogen-bond acceptors (Lipinski definition) is 11. The SMILES string of the molecule is CON(C)C(=O)/C=C/c1ccccc1.CON(C)C(O)/C=C\c1ccccc1.C[C-](C)C.C[C-](C)C.O=C(Cl)/C=C/c1ccccc1.O=C(Cl)/C=C\c1ccccc1.O=C(O)/C=C/c1ccccc1.O=C(O)/C=C\c1ccccc1.O=S(Cl)Cl.O=S(Cl)Cl.[Br-].[Br-].[Mg+2].[Mg+2]. The minimum absolute atomic E-state index is 0. The number of hydroxylamine groups is 4. The molecule has 3 N–H and O–H groups in total. The molecule has 6 aromatic rings. The minimum atomic E-state index is -1.67. The number of hydrogen-bond donors (Lipinski definition) is 3. The van der Waals surface area contributed by atoms with Crippen molar-refractivity contribution in [2.24, 2.45) is 0 Å². The van der Waals surface area contributed by atoms with E-state index in [1.165, 1.54) is 54.4 Å². The maximum atomic E-state index is 11.3. The van der Waals surface area contributed by atoms with Gasteiger partial charge >= 0.3 is 58.0 Å². The third-order valence-corrected chi connectivity index (χ3v) is 8.82. The number of benzene rings is 6. The number of nitrogens with zero attached hydrogens (tertiary/aromatic N) is 2. The fourth-order valence-corrected chi connectivity index (χ4v) is 4.96. The molecule has 0 fully saturated rings. The molecule has 0 aliphatic carbocycles. The van der Waals surface area contributed by atoms with Crippen LogP contribution in [0.1, 0.15) is 74.9 Å². The van der Waals surface area contributed by atoms with Crippen LogP contribution < -0.4 is 34.0 Å². The first-order valence-electron chi connectivity index (χ1n) is 25.6. The molecule has 0 aliphatic heterocycles. The zero-order valence-corrected chi connectivity index (χ0v) is 64.7. The quantitative estimate of drug-likeness (QED) is 0.0219. The molecule has 14 nitrogen and oxygen atoms in total. The third kappa shape index (κ3) is 83.9. The van der Waals surface area contributed by atoms with E-state index in [4.69, 9.17) is 51.5 Å². The van der Waals surface area contributed by atoms with Crippen LogP contribution in [0, 0.1) is 11.8 Å². The summed E-state index contributed by atoms with van der Waals surface area (Å²) in [6.07, 6.45) is 17.4. The average Bonchev–Trinajstić information content (AvgIpc) is 3.69. The van der Waals surface area contributed by atoms with Crippen LogP contribution in [0.5, 0.6) is 0 Å². The summed E-state index contributed by atoms with van der Waals surface area (Å²) < 4.78 is 18.2. The fourth-order valence-electron chi connectivity index (χ4n) is 4.83. The molecule has 0 radical (unpaired) electrons. The second-order valence-corrected chi connectivity index (χ2v) is 23.1. The number of carbonyl (C=O) groups is 5. The van der Waals surface area contributed by atoms with Gasteiger partial charge in [0, 0.05) is 75.1 Å². The number of carboxylic acids is 2. The average molecular weight is 1570 g/mol. The van der Waals surface area contributed by atoms with E-state index in [0.29, 0.717) is 0 Å². The topological polar surface area (TPSA) is 205 Å². The molecule has 0 spiro atoms. The van der Waals surface area contributed by atoms with Gasteiger partial charge in [0.25, 0.3) is 5.91 Å². The van der Waals surface area contributed by atoms with Crippen molar-refractivity contribution >= 4 is 195 Å². The monoisotopic (exact) mass is 1570 g/mol. The van der Waals surface area contributed by atoms with Crippen LogP contribution in [-0.4, -0.2) is 143 Å². The Bertz CT molecular complexity index is 2720. The van der Waals surface area contributed by atoms with Crippen molar-refractivity contribution in [3.8, 4) is 0 Å². The Morgan fingerprint density at radius 3 is 0.804 bits per heavy atom. The van der Waals surface area contributed by atoms with Crippen LogP contribution in [0.2, 0.25) is 0 Å². The number of aliphatic hydroxyl groups excluding tert-OH is 1. The number of aliphatic carboxylic acids is 2.